The van der Waals surface area contributed by atoms with Crippen molar-refractivity contribution in [1.82, 2.24) is 0 Å². The molecule has 0 atom stereocenters. The maximum atomic E-state index is 3.64. The van der Waals surface area contributed by atoms with Gasteiger partial charge in [-0.2, -0.15) is 0 Å². The first-order valence-corrected chi connectivity index (χ1v) is 15.1. The lowest BCUT2D eigenvalue weighted by atomic mass is 10.1. The average Bonchev–Trinajstić information content (AvgIpc) is 2.27. The van der Waals surface area contributed by atoms with Gasteiger partial charge < -0.3 is 0 Å². The van der Waals surface area contributed by atoms with Crippen LogP contribution in [0.25, 0.3) is 10.8 Å². The molecule has 0 N–H and O–H groups in total. The van der Waals surface area contributed by atoms with E-state index >= 15 is 0 Å². The fourth-order valence-corrected chi connectivity index (χ4v) is 6.45. The summed E-state index contributed by atoms with van der Waals surface area (Å²) in [6, 6.07) is 12.8. The largest absolute Gasteiger partial charge is 0.0661 e. The van der Waals surface area contributed by atoms with Gasteiger partial charge in [0.2, 0.25) is 0 Å². The summed E-state index contributed by atoms with van der Waals surface area (Å²) in [4.78, 5) is 0. The zero-order valence-electron chi connectivity index (χ0n) is 7.87. The predicted octanol–water partition coefficient (Wildman–Crippen LogP) is 6.29. The average molecular weight is 508 g/mol. The van der Waals surface area contributed by atoms with E-state index in [1.165, 1.54) is 21.4 Å². The van der Waals surface area contributed by atoms with Crippen molar-refractivity contribution in [3.05, 3.63) is 36.4 Å². The number of benzene rings is 2. The van der Waals surface area contributed by atoms with Gasteiger partial charge in [0.15, 0.2) is 0 Å². The van der Waals surface area contributed by atoms with Crippen LogP contribution in [-0.4, -0.2) is 0 Å². The number of hydrogen-bond acceptors (Lipinski definition) is 0. The van der Waals surface area contributed by atoms with Crippen molar-refractivity contribution in [2.24, 2.45) is 0 Å². The molecule has 84 valence electrons. The summed E-state index contributed by atoms with van der Waals surface area (Å²) >= 11 is 14.6. The van der Waals surface area contributed by atoms with E-state index in [1.807, 2.05) is 0 Å². The lowest BCUT2D eigenvalue weighted by Gasteiger charge is -2.12. The molecule has 0 spiro atoms. The molecule has 0 amide bonds. The van der Waals surface area contributed by atoms with Gasteiger partial charge in [0.1, 0.15) is 0 Å². The van der Waals surface area contributed by atoms with Crippen molar-refractivity contribution >= 4 is 94.0 Å². The van der Waals surface area contributed by atoms with Crippen LogP contribution in [0.15, 0.2) is 36.4 Å². The highest BCUT2D eigenvalue weighted by Gasteiger charge is 2.14. The topological polar surface area (TPSA) is 0 Å². The second-order valence-corrected chi connectivity index (χ2v) is 19.2. The van der Waals surface area contributed by atoms with Crippen LogP contribution in [0.3, 0.4) is 0 Å². The van der Waals surface area contributed by atoms with Crippen LogP contribution in [0.1, 0.15) is 0 Å². The standard InChI is InChI=1S/C10H6Br4P2/c11-15(12)8-5-1-3-7-4-2-6-9(10(7)8)16(13)14/h1-6H. The molecule has 0 saturated heterocycles. The van der Waals surface area contributed by atoms with Gasteiger partial charge >= 0.3 is 0 Å². The van der Waals surface area contributed by atoms with E-state index in [1.54, 1.807) is 0 Å². The third-order valence-corrected chi connectivity index (χ3v) is 8.28. The van der Waals surface area contributed by atoms with E-state index < -0.39 is 10.7 Å². The van der Waals surface area contributed by atoms with Gasteiger partial charge in [-0.15, -0.1) is 0 Å². The van der Waals surface area contributed by atoms with E-state index in [0.29, 0.717) is 0 Å². The molecule has 0 aromatic heterocycles. The summed E-state index contributed by atoms with van der Waals surface area (Å²) in [5, 5.41) is 4.39. The van der Waals surface area contributed by atoms with E-state index in [4.69, 9.17) is 0 Å². The van der Waals surface area contributed by atoms with Crippen LogP contribution in [0.2, 0.25) is 0 Å². The molecule has 0 aliphatic heterocycles. The van der Waals surface area contributed by atoms with Crippen molar-refractivity contribution < 1.29 is 0 Å². The molecule has 2 rings (SSSR count). The fourth-order valence-electron chi connectivity index (χ4n) is 1.58. The molecule has 0 unspecified atom stereocenters. The number of fused-ring (bicyclic) bond motifs is 1. The van der Waals surface area contributed by atoms with E-state index in [2.05, 4.69) is 98.4 Å². The van der Waals surface area contributed by atoms with Crippen LogP contribution in [0.4, 0.5) is 0 Å². The van der Waals surface area contributed by atoms with E-state index in [0.717, 1.165) is 0 Å². The summed E-state index contributed by atoms with van der Waals surface area (Å²) in [6.45, 7) is 0. The lowest BCUT2D eigenvalue weighted by molar-refractivity contribution is 1.82. The summed E-state index contributed by atoms with van der Waals surface area (Å²) in [5.41, 5.74) is 0. The van der Waals surface area contributed by atoms with Crippen molar-refractivity contribution in [1.29, 1.82) is 0 Å². The molecular formula is C10H6Br4P2. The minimum Gasteiger partial charge on any atom is -0.0609 e. The molecule has 6 heteroatoms. The van der Waals surface area contributed by atoms with Crippen LogP contribution in [0, 0.1) is 0 Å². The Morgan fingerprint density at radius 3 is 1.50 bits per heavy atom. The predicted molar refractivity (Wildman–Crippen MR) is 92.8 cm³/mol. The van der Waals surface area contributed by atoms with Crippen LogP contribution in [-0.2, 0) is 0 Å². The molecule has 0 aliphatic carbocycles. The lowest BCUT2D eigenvalue weighted by Crippen LogP contribution is -2.07. The number of hydrogen-bond donors (Lipinski definition) is 0. The summed E-state index contributed by atoms with van der Waals surface area (Å²) < 4.78 is 0. The Balaban J connectivity index is 2.82. The normalized spacial score (nSPS) is 11.6. The Labute approximate surface area is 129 Å². The SMILES string of the molecule is BrP(Br)c1cccc2cccc(P(Br)Br)c12. The number of halogens is 4. The smallest absolute Gasteiger partial charge is 0.0609 e. The highest BCUT2D eigenvalue weighted by atomic mass is 79.9. The first-order valence-electron chi connectivity index (χ1n) is 4.36. The highest BCUT2D eigenvalue weighted by Crippen LogP contribution is 2.55. The second-order valence-electron chi connectivity index (χ2n) is 3.12. The quantitative estimate of drug-likeness (QED) is 0.419. The van der Waals surface area contributed by atoms with Crippen LogP contribution >= 0.6 is 72.6 Å². The molecule has 2 aromatic rings. The Kier molecular flexibility index (Phi) is 5.28. The first kappa shape index (κ1) is 13.9. The molecule has 0 heterocycles. The molecule has 16 heavy (non-hydrogen) atoms. The Morgan fingerprint density at radius 1 is 0.688 bits per heavy atom. The minimum atomic E-state index is -0.443. The first-order chi connectivity index (χ1) is 7.61. The molecule has 0 fully saturated rings. The molecule has 0 saturated carbocycles. The molecule has 0 radical (unpaired) electrons. The summed E-state index contributed by atoms with van der Waals surface area (Å²) in [5.74, 6) is 0. The fraction of sp³-hybridized carbons (Fsp3) is 0. The Morgan fingerprint density at radius 2 is 1.12 bits per heavy atom. The monoisotopic (exact) mass is 504 g/mol. The van der Waals surface area contributed by atoms with Crippen LogP contribution < -0.4 is 10.6 Å². The Bertz CT molecular complexity index is 470. The molecule has 0 aliphatic rings. The van der Waals surface area contributed by atoms with Crippen LogP contribution in [0.5, 0.6) is 0 Å². The van der Waals surface area contributed by atoms with Gasteiger partial charge in [-0.05, 0) is 67.3 Å². The van der Waals surface area contributed by atoms with E-state index in [-0.39, 0.29) is 0 Å². The van der Waals surface area contributed by atoms with Gasteiger partial charge in [0, 0.05) is 16.0 Å². The maximum absolute atomic E-state index is 3.64. The van der Waals surface area contributed by atoms with Crippen molar-refractivity contribution in [3.8, 4) is 0 Å². The molecule has 0 nitrogen and oxygen atoms in total. The third kappa shape index (κ3) is 2.90. The van der Waals surface area contributed by atoms with Crippen molar-refractivity contribution in [2.45, 2.75) is 0 Å². The van der Waals surface area contributed by atoms with Gasteiger partial charge in [-0.25, -0.2) is 0 Å². The van der Waals surface area contributed by atoms with Gasteiger partial charge in [0.05, 0.1) is 10.7 Å². The van der Waals surface area contributed by atoms with Gasteiger partial charge in [-0.3, -0.25) is 0 Å². The van der Waals surface area contributed by atoms with Crippen molar-refractivity contribution in [2.75, 3.05) is 0 Å². The second kappa shape index (κ2) is 6.08. The summed E-state index contributed by atoms with van der Waals surface area (Å²) in [7, 11) is 0. The molecule has 2 aromatic carbocycles. The highest BCUT2D eigenvalue weighted by molar-refractivity contribution is 9.70. The van der Waals surface area contributed by atoms with E-state index in [9.17, 15) is 0 Å². The Hall–Kier alpha value is 1.48. The zero-order valence-corrected chi connectivity index (χ0v) is 16.0. The summed E-state index contributed by atoms with van der Waals surface area (Å²) in [6.07, 6.45) is 0. The van der Waals surface area contributed by atoms with Gasteiger partial charge in [-0.1, -0.05) is 36.4 Å². The molecular weight excluding hydrogens is 502 g/mol. The molecule has 0 bridgehead atoms. The number of rotatable bonds is 2. The van der Waals surface area contributed by atoms with Crippen molar-refractivity contribution in [3.63, 3.8) is 0 Å². The third-order valence-electron chi connectivity index (χ3n) is 2.22. The zero-order chi connectivity index (χ0) is 11.7. The maximum Gasteiger partial charge on any atom is 0.0661 e. The van der Waals surface area contributed by atoms with Gasteiger partial charge in [0.25, 0.3) is 0 Å². The minimum absolute atomic E-state index is 0.443.